The van der Waals surface area contributed by atoms with Crippen molar-refractivity contribution >= 4 is 40.6 Å². The summed E-state index contributed by atoms with van der Waals surface area (Å²) in [6.07, 6.45) is 2.50. The smallest absolute Gasteiger partial charge is 0.160 e. The van der Waals surface area contributed by atoms with Gasteiger partial charge in [-0.05, 0) is 18.6 Å². The van der Waals surface area contributed by atoms with Crippen LogP contribution in [0.4, 0.5) is 0 Å². The molecule has 0 spiro atoms. The summed E-state index contributed by atoms with van der Waals surface area (Å²) in [6, 6.07) is 1.96. The van der Waals surface area contributed by atoms with Gasteiger partial charge in [-0.2, -0.15) is 0 Å². The Morgan fingerprint density at radius 1 is 1.50 bits per heavy atom. The van der Waals surface area contributed by atoms with E-state index in [-0.39, 0.29) is 0 Å². The maximum Gasteiger partial charge on any atom is 0.160 e. The van der Waals surface area contributed by atoms with Gasteiger partial charge in [0.15, 0.2) is 6.29 Å². The molecule has 0 atom stereocenters. The summed E-state index contributed by atoms with van der Waals surface area (Å²) in [4.78, 5) is 16.6. The van der Waals surface area contributed by atoms with Crippen molar-refractivity contribution in [1.82, 2.24) is 4.98 Å². The molecule has 2 aromatic rings. The lowest BCUT2D eigenvalue weighted by molar-refractivity contribution is 0.112. The minimum atomic E-state index is 0.665. The van der Waals surface area contributed by atoms with Crippen molar-refractivity contribution in [2.24, 2.45) is 0 Å². The third-order valence-electron chi connectivity index (χ3n) is 1.75. The van der Waals surface area contributed by atoms with Crippen LogP contribution < -0.4 is 0 Å². The lowest BCUT2D eigenvalue weighted by Crippen LogP contribution is -1.72. The first kappa shape index (κ1) is 9.83. The van der Waals surface area contributed by atoms with Crippen LogP contribution in [0.1, 0.15) is 15.2 Å². The Bertz CT molecular complexity index is 475. The fraction of sp³-hybridized carbons (Fsp3) is 0.111. The average Bonchev–Trinajstić information content (AvgIpc) is 2.71. The van der Waals surface area contributed by atoms with E-state index in [0.29, 0.717) is 4.34 Å². The highest BCUT2D eigenvalue weighted by molar-refractivity contribution is 7.24. The van der Waals surface area contributed by atoms with Crippen LogP contribution in [-0.4, -0.2) is 11.3 Å². The molecule has 2 heterocycles. The monoisotopic (exact) mass is 243 g/mol. The van der Waals surface area contributed by atoms with Gasteiger partial charge in [-0.1, -0.05) is 11.6 Å². The van der Waals surface area contributed by atoms with E-state index in [4.69, 9.17) is 11.6 Å². The second-order valence-electron chi connectivity index (χ2n) is 2.75. The second-order valence-corrected chi connectivity index (χ2v) is 5.49. The maximum atomic E-state index is 10.6. The molecule has 2 aromatic heterocycles. The van der Waals surface area contributed by atoms with Gasteiger partial charge >= 0.3 is 0 Å². The van der Waals surface area contributed by atoms with E-state index in [9.17, 15) is 4.79 Å². The molecule has 0 aliphatic heterocycles. The summed E-state index contributed by atoms with van der Waals surface area (Å²) in [7, 11) is 0. The van der Waals surface area contributed by atoms with Crippen LogP contribution in [0, 0.1) is 6.92 Å². The van der Waals surface area contributed by atoms with E-state index in [1.807, 2.05) is 13.0 Å². The zero-order valence-electron chi connectivity index (χ0n) is 7.28. The lowest BCUT2D eigenvalue weighted by atomic mass is 10.3. The van der Waals surface area contributed by atoms with E-state index < -0.39 is 0 Å². The number of aldehydes is 1. The highest BCUT2D eigenvalue weighted by atomic mass is 35.5. The van der Waals surface area contributed by atoms with Crippen molar-refractivity contribution < 1.29 is 4.79 Å². The predicted molar refractivity (Wildman–Crippen MR) is 60.6 cm³/mol. The number of thiophene rings is 1. The van der Waals surface area contributed by atoms with Crippen LogP contribution in [-0.2, 0) is 0 Å². The molecule has 0 fully saturated rings. The van der Waals surface area contributed by atoms with Crippen LogP contribution >= 0.6 is 34.3 Å². The van der Waals surface area contributed by atoms with E-state index in [1.165, 1.54) is 22.7 Å². The van der Waals surface area contributed by atoms with Gasteiger partial charge in [0.05, 0.1) is 16.0 Å². The lowest BCUT2D eigenvalue weighted by Gasteiger charge is -1.84. The first-order valence-electron chi connectivity index (χ1n) is 3.88. The third-order valence-corrected chi connectivity index (χ3v) is 4.20. The van der Waals surface area contributed by atoms with Gasteiger partial charge in [0.2, 0.25) is 0 Å². The topological polar surface area (TPSA) is 30.0 Å². The fourth-order valence-electron chi connectivity index (χ4n) is 1.09. The molecule has 0 amide bonds. The van der Waals surface area contributed by atoms with Gasteiger partial charge in [-0.15, -0.1) is 22.7 Å². The zero-order chi connectivity index (χ0) is 10.1. The van der Waals surface area contributed by atoms with E-state index in [2.05, 4.69) is 4.98 Å². The number of nitrogens with zero attached hydrogens (tertiary/aromatic N) is 1. The zero-order valence-corrected chi connectivity index (χ0v) is 9.67. The molecule has 72 valence electrons. The number of aryl methyl sites for hydroxylation is 1. The number of aromatic nitrogens is 1. The molecule has 5 heteroatoms. The Hall–Kier alpha value is -0.710. The van der Waals surface area contributed by atoms with Gasteiger partial charge < -0.3 is 0 Å². The first-order valence-corrected chi connectivity index (χ1v) is 5.89. The van der Waals surface area contributed by atoms with Crippen LogP contribution in [0.2, 0.25) is 4.34 Å². The Labute approximate surface area is 94.2 Å². The van der Waals surface area contributed by atoms with Gasteiger partial charge in [0.25, 0.3) is 0 Å². The SMILES string of the molecule is Cc1cc(-c2ncc(Cl)s2)sc1C=O. The average molecular weight is 244 g/mol. The minimum absolute atomic E-state index is 0.665. The number of carbonyl (C=O) groups is 1. The number of hydrogen-bond acceptors (Lipinski definition) is 4. The Morgan fingerprint density at radius 2 is 2.29 bits per heavy atom. The van der Waals surface area contributed by atoms with Crippen LogP contribution in [0.3, 0.4) is 0 Å². The van der Waals surface area contributed by atoms with Crippen molar-refractivity contribution in [3.8, 4) is 9.88 Å². The molecule has 0 bridgehead atoms. The quantitative estimate of drug-likeness (QED) is 0.754. The van der Waals surface area contributed by atoms with Crippen molar-refractivity contribution in [2.75, 3.05) is 0 Å². The summed E-state index contributed by atoms with van der Waals surface area (Å²) in [5.41, 5.74) is 0.992. The molecule has 0 saturated carbocycles. The number of halogens is 1. The van der Waals surface area contributed by atoms with Crippen molar-refractivity contribution in [1.29, 1.82) is 0 Å². The summed E-state index contributed by atoms with van der Waals surface area (Å²) in [5.74, 6) is 0. The molecule has 2 nitrogen and oxygen atoms in total. The molecule has 14 heavy (non-hydrogen) atoms. The Balaban J connectivity index is 2.47. The third kappa shape index (κ3) is 1.73. The molecule has 0 aromatic carbocycles. The number of hydrogen-bond donors (Lipinski definition) is 0. The molecular weight excluding hydrogens is 238 g/mol. The van der Waals surface area contributed by atoms with Gasteiger partial charge in [0, 0.05) is 0 Å². The molecule has 0 N–H and O–H groups in total. The van der Waals surface area contributed by atoms with E-state index in [0.717, 1.165) is 26.6 Å². The molecule has 2 rings (SSSR count). The van der Waals surface area contributed by atoms with Crippen molar-refractivity contribution in [2.45, 2.75) is 6.92 Å². The predicted octanol–water partition coefficient (Wildman–Crippen LogP) is 3.65. The Kier molecular flexibility index (Phi) is 2.67. The van der Waals surface area contributed by atoms with E-state index in [1.54, 1.807) is 6.20 Å². The van der Waals surface area contributed by atoms with Gasteiger partial charge in [-0.3, -0.25) is 4.79 Å². The number of thiazole rings is 1. The summed E-state index contributed by atoms with van der Waals surface area (Å²) >= 11 is 8.65. The standard InChI is InChI=1S/C9H6ClNOS2/c1-5-2-6(13-7(5)4-12)9-11-3-8(10)14-9/h2-4H,1H3. The molecule has 0 radical (unpaired) electrons. The number of rotatable bonds is 2. The van der Waals surface area contributed by atoms with Crippen molar-refractivity contribution in [3.05, 3.63) is 27.0 Å². The summed E-state index contributed by atoms with van der Waals surface area (Å²) in [5, 5.41) is 0.871. The number of carbonyl (C=O) groups excluding carboxylic acids is 1. The fourth-order valence-corrected chi connectivity index (χ4v) is 3.04. The van der Waals surface area contributed by atoms with Crippen LogP contribution in [0.15, 0.2) is 12.3 Å². The van der Waals surface area contributed by atoms with Crippen LogP contribution in [0.5, 0.6) is 0 Å². The van der Waals surface area contributed by atoms with E-state index >= 15 is 0 Å². The summed E-state index contributed by atoms with van der Waals surface area (Å²) in [6.45, 7) is 1.92. The van der Waals surface area contributed by atoms with Crippen LogP contribution in [0.25, 0.3) is 9.88 Å². The Morgan fingerprint density at radius 3 is 2.79 bits per heavy atom. The first-order chi connectivity index (χ1) is 6.70. The van der Waals surface area contributed by atoms with Gasteiger partial charge in [-0.25, -0.2) is 4.98 Å². The second kappa shape index (κ2) is 3.81. The molecular formula is C9H6ClNOS2. The highest BCUT2D eigenvalue weighted by Crippen LogP contribution is 2.34. The van der Waals surface area contributed by atoms with Crippen molar-refractivity contribution in [3.63, 3.8) is 0 Å². The molecule has 0 aliphatic rings. The largest absolute Gasteiger partial charge is 0.297 e. The maximum absolute atomic E-state index is 10.6. The molecule has 0 unspecified atom stereocenters. The van der Waals surface area contributed by atoms with Gasteiger partial charge in [0.1, 0.15) is 9.34 Å². The summed E-state index contributed by atoms with van der Waals surface area (Å²) < 4.78 is 0.665. The molecule has 0 saturated heterocycles. The molecule has 0 aliphatic carbocycles. The highest BCUT2D eigenvalue weighted by Gasteiger charge is 2.09. The minimum Gasteiger partial charge on any atom is -0.297 e. The normalized spacial score (nSPS) is 10.4.